The highest BCUT2D eigenvalue weighted by atomic mass is 32.1. The van der Waals surface area contributed by atoms with Crippen LogP contribution >= 0.6 is 11.3 Å². The van der Waals surface area contributed by atoms with Gasteiger partial charge in [-0.05, 0) is 49.6 Å². The minimum atomic E-state index is 0.131. The normalized spacial score (nSPS) is 24.7. The lowest BCUT2D eigenvalue weighted by atomic mass is 9.94. The molecule has 1 aliphatic heterocycles. The lowest BCUT2D eigenvalue weighted by molar-refractivity contribution is -0.127. The molecule has 1 amide bonds. The van der Waals surface area contributed by atoms with Gasteiger partial charge in [0.25, 0.3) is 0 Å². The van der Waals surface area contributed by atoms with Gasteiger partial charge in [0.2, 0.25) is 5.91 Å². The monoisotopic (exact) mass is 307 g/mol. The third-order valence-corrected chi connectivity index (χ3v) is 5.51. The van der Waals surface area contributed by atoms with E-state index in [1.54, 1.807) is 0 Å². The number of nitrogens with zero attached hydrogens (tertiary/aromatic N) is 1. The van der Waals surface area contributed by atoms with E-state index in [-0.39, 0.29) is 11.8 Å². The molecule has 1 saturated carbocycles. The Balaban J connectivity index is 1.65. The second-order valence-electron chi connectivity index (χ2n) is 6.21. The van der Waals surface area contributed by atoms with Gasteiger partial charge >= 0.3 is 0 Å². The van der Waals surface area contributed by atoms with Crippen molar-refractivity contribution in [3.8, 4) is 0 Å². The number of amides is 1. The van der Waals surface area contributed by atoms with Gasteiger partial charge in [0.1, 0.15) is 0 Å². The highest BCUT2D eigenvalue weighted by Gasteiger charge is 2.39. The van der Waals surface area contributed by atoms with Gasteiger partial charge in [-0.25, -0.2) is 0 Å². The number of nitrogens with one attached hydrogen (secondary N) is 1. The van der Waals surface area contributed by atoms with Gasteiger partial charge in [0.05, 0.1) is 5.92 Å². The zero-order chi connectivity index (χ0) is 14.7. The fourth-order valence-electron chi connectivity index (χ4n) is 3.39. The average molecular weight is 307 g/mol. The molecule has 116 valence electrons. The fourth-order valence-corrected chi connectivity index (χ4v) is 4.35. The molecule has 1 aliphatic carbocycles. The van der Waals surface area contributed by atoms with Crippen LogP contribution in [0.5, 0.6) is 0 Å². The lowest BCUT2D eigenvalue weighted by Gasteiger charge is -2.37. The van der Waals surface area contributed by atoms with E-state index < -0.39 is 0 Å². The summed E-state index contributed by atoms with van der Waals surface area (Å²) in [7, 11) is 0. The van der Waals surface area contributed by atoms with Gasteiger partial charge in [0, 0.05) is 30.6 Å². The number of hydrogen-bond donors (Lipinski definition) is 2. The highest BCUT2D eigenvalue weighted by molar-refractivity contribution is 7.10. The van der Waals surface area contributed by atoms with Gasteiger partial charge in [-0.15, -0.1) is 11.3 Å². The first-order valence-electron chi connectivity index (χ1n) is 8.05. The van der Waals surface area contributed by atoms with Crippen LogP contribution in [0.2, 0.25) is 0 Å². The quantitative estimate of drug-likeness (QED) is 0.845. The second-order valence-corrected chi connectivity index (χ2v) is 7.19. The van der Waals surface area contributed by atoms with E-state index in [0.717, 1.165) is 31.8 Å². The summed E-state index contributed by atoms with van der Waals surface area (Å²) in [4.78, 5) is 16.2. The largest absolute Gasteiger partial charge is 0.355 e. The summed E-state index contributed by atoms with van der Waals surface area (Å²) in [6.07, 6.45) is 4.80. The molecule has 4 nitrogen and oxygen atoms in total. The maximum atomic E-state index is 12.2. The first-order valence-corrected chi connectivity index (χ1v) is 8.93. The van der Waals surface area contributed by atoms with E-state index >= 15 is 0 Å². The summed E-state index contributed by atoms with van der Waals surface area (Å²) in [6, 6.07) is 4.94. The standard InChI is InChI=1S/C16H25N3OS/c17-7-8-18-16(20)13-3-1-9-19(11-13)15(12-5-6-12)14-4-2-10-21-14/h2,4,10,12-13,15H,1,3,5-9,11,17H2,(H,18,20). The van der Waals surface area contributed by atoms with Gasteiger partial charge in [-0.3, -0.25) is 9.69 Å². The number of thiophene rings is 1. The Morgan fingerprint density at radius 3 is 3.00 bits per heavy atom. The van der Waals surface area contributed by atoms with Crippen LogP contribution < -0.4 is 11.1 Å². The molecular weight excluding hydrogens is 282 g/mol. The van der Waals surface area contributed by atoms with Crippen molar-refractivity contribution in [2.24, 2.45) is 17.6 Å². The van der Waals surface area contributed by atoms with Crippen molar-refractivity contribution in [2.75, 3.05) is 26.2 Å². The molecule has 2 fully saturated rings. The van der Waals surface area contributed by atoms with Crippen LogP contribution in [0.3, 0.4) is 0 Å². The van der Waals surface area contributed by atoms with Gasteiger partial charge in [0.15, 0.2) is 0 Å². The molecule has 2 atom stereocenters. The Morgan fingerprint density at radius 2 is 2.33 bits per heavy atom. The molecule has 21 heavy (non-hydrogen) atoms. The highest BCUT2D eigenvalue weighted by Crippen LogP contribution is 2.46. The summed E-state index contributed by atoms with van der Waals surface area (Å²) in [6.45, 7) is 3.13. The van der Waals surface area contributed by atoms with E-state index in [4.69, 9.17) is 5.73 Å². The summed E-state index contributed by atoms with van der Waals surface area (Å²) in [5, 5.41) is 5.12. The van der Waals surface area contributed by atoms with Crippen LogP contribution in [-0.4, -0.2) is 37.0 Å². The first kappa shape index (κ1) is 15.0. The second kappa shape index (κ2) is 6.90. The molecule has 2 heterocycles. The smallest absolute Gasteiger partial charge is 0.224 e. The van der Waals surface area contributed by atoms with Crippen LogP contribution in [0.1, 0.15) is 36.6 Å². The van der Waals surface area contributed by atoms with Crippen molar-refractivity contribution in [2.45, 2.75) is 31.7 Å². The van der Waals surface area contributed by atoms with E-state index in [2.05, 4.69) is 27.7 Å². The molecule has 0 spiro atoms. The van der Waals surface area contributed by atoms with Crippen molar-refractivity contribution < 1.29 is 4.79 Å². The van der Waals surface area contributed by atoms with Gasteiger partial charge < -0.3 is 11.1 Å². The molecule has 1 aromatic heterocycles. The molecule has 3 rings (SSSR count). The molecule has 3 N–H and O–H groups in total. The van der Waals surface area contributed by atoms with E-state index in [1.807, 2.05) is 11.3 Å². The van der Waals surface area contributed by atoms with Crippen LogP contribution in [0.25, 0.3) is 0 Å². The number of rotatable bonds is 6. The molecule has 0 radical (unpaired) electrons. The minimum absolute atomic E-state index is 0.131. The van der Waals surface area contributed by atoms with E-state index in [0.29, 0.717) is 19.1 Å². The van der Waals surface area contributed by atoms with Crippen molar-refractivity contribution in [3.05, 3.63) is 22.4 Å². The molecule has 0 bridgehead atoms. The Bertz CT molecular complexity index is 458. The van der Waals surface area contributed by atoms with Crippen molar-refractivity contribution in [1.29, 1.82) is 0 Å². The number of carbonyl (C=O) groups is 1. The Hall–Kier alpha value is -0.910. The predicted octanol–water partition coefficient (Wildman–Crippen LogP) is 1.99. The number of nitrogens with two attached hydrogens (primary N) is 1. The summed E-state index contributed by atoms with van der Waals surface area (Å²) in [5.74, 6) is 1.12. The topological polar surface area (TPSA) is 58.4 Å². The minimum Gasteiger partial charge on any atom is -0.355 e. The maximum Gasteiger partial charge on any atom is 0.224 e. The third kappa shape index (κ3) is 3.65. The van der Waals surface area contributed by atoms with E-state index in [9.17, 15) is 4.79 Å². The Kier molecular flexibility index (Phi) is 4.93. The molecule has 2 unspecified atom stereocenters. The summed E-state index contributed by atoms with van der Waals surface area (Å²) < 4.78 is 0. The first-order chi connectivity index (χ1) is 10.3. The van der Waals surface area contributed by atoms with E-state index in [1.165, 1.54) is 17.7 Å². The maximum absolute atomic E-state index is 12.2. The Morgan fingerprint density at radius 1 is 1.48 bits per heavy atom. The Labute approximate surface area is 130 Å². The molecule has 1 saturated heterocycles. The molecule has 5 heteroatoms. The van der Waals surface area contributed by atoms with Gasteiger partial charge in [-0.2, -0.15) is 0 Å². The average Bonchev–Trinajstić information content (AvgIpc) is 3.19. The number of carbonyl (C=O) groups excluding carboxylic acids is 1. The lowest BCUT2D eigenvalue weighted by Crippen LogP contribution is -2.45. The third-order valence-electron chi connectivity index (χ3n) is 4.56. The van der Waals surface area contributed by atoms with Crippen LogP contribution in [-0.2, 0) is 4.79 Å². The fraction of sp³-hybridized carbons (Fsp3) is 0.688. The van der Waals surface area contributed by atoms with Crippen LogP contribution in [0.4, 0.5) is 0 Å². The SMILES string of the molecule is NCCNC(=O)C1CCCN(C(c2cccs2)C2CC2)C1. The van der Waals surface area contributed by atoms with Gasteiger partial charge in [-0.1, -0.05) is 6.07 Å². The zero-order valence-electron chi connectivity index (χ0n) is 12.5. The number of piperidine rings is 1. The van der Waals surface area contributed by atoms with Crippen molar-refractivity contribution >= 4 is 17.2 Å². The number of likely N-dealkylation sites (tertiary alicyclic amines) is 1. The number of hydrogen-bond acceptors (Lipinski definition) is 4. The van der Waals surface area contributed by atoms with Crippen LogP contribution in [0, 0.1) is 11.8 Å². The summed E-state index contributed by atoms with van der Waals surface area (Å²) in [5.41, 5.74) is 5.47. The van der Waals surface area contributed by atoms with Crippen molar-refractivity contribution in [3.63, 3.8) is 0 Å². The van der Waals surface area contributed by atoms with Crippen molar-refractivity contribution in [1.82, 2.24) is 10.2 Å². The summed E-state index contributed by atoms with van der Waals surface area (Å²) >= 11 is 1.86. The molecule has 2 aliphatic rings. The zero-order valence-corrected chi connectivity index (χ0v) is 13.3. The molecular formula is C16H25N3OS. The van der Waals surface area contributed by atoms with Crippen LogP contribution in [0.15, 0.2) is 17.5 Å². The molecule has 0 aromatic carbocycles. The predicted molar refractivity (Wildman–Crippen MR) is 86.1 cm³/mol. The molecule has 1 aromatic rings.